The van der Waals surface area contributed by atoms with Crippen LogP contribution in [0.25, 0.3) is 0 Å². The highest BCUT2D eigenvalue weighted by Gasteiger charge is 2.27. The van der Waals surface area contributed by atoms with Crippen LogP contribution in [-0.2, 0) is 18.4 Å². The number of nitrogens with one attached hydrogen (secondary N) is 1. The van der Waals surface area contributed by atoms with Crippen molar-refractivity contribution >= 4 is 13.7 Å². The molecule has 0 rings (SSSR count). The molecule has 3 unspecified atom stereocenters. The summed E-state index contributed by atoms with van der Waals surface area (Å²) in [4.78, 5) is 23.4. The Kier molecular flexibility index (Phi) is 60.2. The summed E-state index contributed by atoms with van der Waals surface area (Å²) in [6, 6.07) is -0.894. The molecule has 83 heavy (non-hydrogen) atoms. The Labute approximate surface area is 512 Å². The zero-order chi connectivity index (χ0) is 60.5. The summed E-state index contributed by atoms with van der Waals surface area (Å²) in [5, 5.41) is 13.9. The second kappa shape index (κ2) is 62.9. The van der Waals surface area contributed by atoms with E-state index >= 15 is 0 Å². The van der Waals surface area contributed by atoms with Gasteiger partial charge in [0.25, 0.3) is 0 Å². The number of rotatable bonds is 60. The number of hydrogen-bond donors (Lipinski definition) is 3. The van der Waals surface area contributed by atoms with Gasteiger partial charge in [-0.15, -0.1) is 0 Å². The first-order valence-corrected chi connectivity index (χ1v) is 35.2. The second-order valence-electron chi connectivity index (χ2n) is 23.4. The number of unbranched alkanes of at least 4 members (excludes halogenated alkanes) is 25. The molecule has 9 heteroatoms. The van der Waals surface area contributed by atoms with E-state index in [1.54, 1.807) is 6.08 Å². The first-order valence-electron chi connectivity index (χ1n) is 33.7. The number of aliphatic hydroxyl groups excluding tert-OH is 1. The maximum Gasteiger partial charge on any atom is 0.472 e. The first-order chi connectivity index (χ1) is 40.5. The Morgan fingerprint density at radius 2 is 0.735 bits per heavy atom. The third-order valence-corrected chi connectivity index (χ3v) is 15.3. The number of allylic oxidation sites excluding steroid dienone is 23. The number of likely N-dealkylation sites (N-methyl/N-ethyl adjacent to an activating group) is 1. The topological polar surface area (TPSA) is 105 Å². The molecule has 0 saturated heterocycles. The highest BCUT2D eigenvalue weighted by Crippen LogP contribution is 2.43. The van der Waals surface area contributed by atoms with Crippen molar-refractivity contribution in [2.24, 2.45) is 0 Å². The summed E-state index contributed by atoms with van der Waals surface area (Å²) in [5.74, 6) is -0.214. The number of nitrogens with zero attached hydrogens (tertiary/aromatic N) is 1. The summed E-state index contributed by atoms with van der Waals surface area (Å²) in [6.07, 6.45) is 97.0. The molecule has 0 heterocycles. The van der Waals surface area contributed by atoms with Gasteiger partial charge in [0.2, 0.25) is 5.91 Å². The second-order valence-corrected chi connectivity index (χ2v) is 24.9. The Morgan fingerprint density at radius 1 is 0.422 bits per heavy atom. The van der Waals surface area contributed by atoms with E-state index in [4.69, 9.17) is 9.05 Å². The number of phosphoric ester groups is 1. The molecule has 8 nitrogen and oxygen atoms in total. The van der Waals surface area contributed by atoms with E-state index in [0.29, 0.717) is 17.4 Å². The minimum atomic E-state index is -4.38. The largest absolute Gasteiger partial charge is 0.472 e. The average molecular weight is 1170 g/mol. The molecule has 3 atom stereocenters. The summed E-state index contributed by atoms with van der Waals surface area (Å²) in [6.45, 7) is 4.66. The Morgan fingerprint density at radius 3 is 1.11 bits per heavy atom. The molecule has 0 bridgehead atoms. The molecule has 0 radical (unpaired) electrons. The van der Waals surface area contributed by atoms with Crippen molar-refractivity contribution in [3.63, 3.8) is 0 Å². The molecule has 0 fully saturated rings. The Balaban J connectivity index is 4.29. The molecule has 3 N–H and O–H groups in total. The van der Waals surface area contributed by atoms with Crippen molar-refractivity contribution in [3.8, 4) is 0 Å². The number of aliphatic hydroxyl groups is 1. The molecule has 0 aromatic rings. The van der Waals surface area contributed by atoms with E-state index in [2.05, 4.69) is 153 Å². The number of carbonyl (C=O) groups excluding carboxylic acids is 1. The van der Waals surface area contributed by atoms with Crippen molar-refractivity contribution < 1.29 is 32.9 Å². The van der Waals surface area contributed by atoms with E-state index < -0.39 is 20.0 Å². The van der Waals surface area contributed by atoms with E-state index in [9.17, 15) is 19.4 Å². The maximum absolute atomic E-state index is 13.0. The normalized spacial score (nSPS) is 14.6. The van der Waals surface area contributed by atoms with Gasteiger partial charge in [0, 0.05) is 6.42 Å². The zero-order valence-electron chi connectivity index (χ0n) is 54.1. The quantitative estimate of drug-likeness (QED) is 0.0243. The average Bonchev–Trinajstić information content (AvgIpc) is 3.49. The molecule has 0 aliphatic carbocycles. The molecular weight excluding hydrogens is 1040 g/mol. The molecule has 0 aliphatic heterocycles. The van der Waals surface area contributed by atoms with Crippen LogP contribution in [0.3, 0.4) is 0 Å². The fraction of sp³-hybridized carbons (Fsp3) is 0.662. The van der Waals surface area contributed by atoms with Crippen LogP contribution in [-0.4, -0.2) is 73.4 Å². The minimum absolute atomic E-state index is 0.0412. The third kappa shape index (κ3) is 65.8. The molecule has 0 spiro atoms. The summed E-state index contributed by atoms with van der Waals surface area (Å²) >= 11 is 0. The summed E-state index contributed by atoms with van der Waals surface area (Å²) in [5.41, 5.74) is 0. The van der Waals surface area contributed by atoms with Gasteiger partial charge in [-0.3, -0.25) is 13.8 Å². The van der Waals surface area contributed by atoms with Gasteiger partial charge in [0.05, 0.1) is 39.9 Å². The predicted octanol–water partition coefficient (Wildman–Crippen LogP) is 21.6. The van der Waals surface area contributed by atoms with Gasteiger partial charge in [0.1, 0.15) is 13.2 Å². The highest BCUT2D eigenvalue weighted by molar-refractivity contribution is 7.47. The molecule has 0 aromatic carbocycles. The first kappa shape index (κ1) is 79.4. The molecule has 1 amide bonds. The van der Waals surface area contributed by atoms with Crippen LogP contribution in [0.1, 0.15) is 264 Å². The van der Waals surface area contributed by atoms with E-state index in [0.717, 1.165) is 122 Å². The van der Waals surface area contributed by atoms with Crippen molar-refractivity contribution in [1.29, 1.82) is 0 Å². The Hall–Kier alpha value is -3.62. The molecule has 0 aliphatic rings. The van der Waals surface area contributed by atoms with Crippen molar-refractivity contribution in [2.45, 2.75) is 276 Å². The summed E-state index contributed by atoms with van der Waals surface area (Å²) in [7, 11) is 1.51. The molecule has 0 aromatic heterocycles. The smallest absolute Gasteiger partial charge is 0.387 e. The number of phosphoric acid groups is 1. The van der Waals surface area contributed by atoms with Crippen molar-refractivity contribution in [3.05, 3.63) is 146 Å². The van der Waals surface area contributed by atoms with E-state index in [1.807, 2.05) is 27.2 Å². The SMILES string of the molecule is CC/C=C\C/C=C\C/C=C\C/C=C\C/C=C\C/C=C\C/C=C\C/C=C\C/C=C\CCCCCCCC(=O)NC(COP(=O)(O)OCC[N+](C)(C)C)C(O)/C=C/CC/C=C/CC/C=C/CCCCCCCCCCCCCCCCCCCC. The van der Waals surface area contributed by atoms with Crippen LogP contribution in [0.2, 0.25) is 0 Å². The zero-order valence-corrected chi connectivity index (χ0v) is 55.0. The molecule has 0 saturated carbocycles. The van der Waals surface area contributed by atoms with Crippen molar-refractivity contribution in [2.75, 3.05) is 40.9 Å². The molecular formula is C74H128N2O6P+. The third-order valence-electron chi connectivity index (χ3n) is 14.3. The lowest BCUT2D eigenvalue weighted by Gasteiger charge is -2.25. The lowest BCUT2D eigenvalue weighted by Crippen LogP contribution is -2.45. The van der Waals surface area contributed by atoms with Gasteiger partial charge in [-0.2, -0.15) is 0 Å². The van der Waals surface area contributed by atoms with Gasteiger partial charge >= 0.3 is 7.82 Å². The molecule has 474 valence electrons. The Bertz CT molecular complexity index is 1860. The van der Waals surface area contributed by atoms with E-state index in [1.165, 1.54) is 122 Å². The lowest BCUT2D eigenvalue weighted by molar-refractivity contribution is -0.870. The maximum atomic E-state index is 13.0. The van der Waals surface area contributed by atoms with Crippen LogP contribution in [0.5, 0.6) is 0 Å². The lowest BCUT2D eigenvalue weighted by atomic mass is 10.0. The van der Waals surface area contributed by atoms with Crippen LogP contribution >= 0.6 is 7.82 Å². The van der Waals surface area contributed by atoms with Gasteiger partial charge < -0.3 is 19.8 Å². The van der Waals surface area contributed by atoms with Crippen LogP contribution < -0.4 is 5.32 Å². The summed E-state index contributed by atoms with van der Waals surface area (Å²) < 4.78 is 23.8. The van der Waals surface area contributed by atoms with Gasteiger partial charge in [-0.25, -0.2) is 4.57 Å². The van der Waals surface area contributed by atoms with E-state index in [-0.39, 0.29) is 19.1 Å². The highest BCUT2D eigenvalue weighted by atomic mass is 31.2. The van der Waals surface area contributed by atoms with Gasteiger partial charge in [0.15, 0.2) is 0 Å². The van der Waals surface area contributed by atoms with Gasteiger partial charge in [-0.1, -0.05) is 288 Å². The number of quaternary nitrogens is 1. The minimum Gasteiger partial charge on any atom is -0.387 e. The standard InChI is InChI=1S/C74H127N2O6P/c1-6-8-10-12-14-16-18-20-22-24-26-28-30-32-34-36-37-38-39-40-42-44-46-48-50-52-54-56-58-60-62-64-66-68-74(78)75-72(71-82-83(79,80)81-70-69-76(3,4)5)73(77)67-65-63-61-59-57-55-53-51-49-47-45-43-41-35-33-31-29-27-25-23-21-19-17-15-13-11-9-7-2/h8,10,14,16,20,22,26,28,32,34,37-38,40,42,46,48-49,51-52,54,57,59,65,67,72-73,77H,6-7,9,11-13,15,17-19,21,23-25,27,29-31,33,35-36,39,41,43-45,47,50,53,55-56,58,60-64,66,68-71H2,1-5H3,(H-,75,78,79,80)/p+1/b10-8-,16-14-,22-20-,28-26-,34-32-,38-37-,42-40-,48-46-,51-49+,54-52-,59-57+,67-65+. The van der Waals surface area contributed by atoms with Crippen LogP contribution in [0.4, 0.5) is 0 Å². The van der Waals surface area contributed by atoms with Crippen LogP contribution in [0.15, 0.2) is 146 Å². The van der Waals surface area contributed by atoms with Crippen LogP contribution in [0, 0.1) is 0 Å². The monoisotopic (exact) mass is 1170 g/mol. The van der Waals surface area contributed by atoms with Crippen molar-refractivity contribution in [1.82, 2.24) is 5.32 Å². The predicted molar refractivity (Wildman–Crippen MR) is 364 cm³/mol. The fourth-order valence-corrected chi connectivity index (χ4v) is 9.80. The van der Waals surface area contributed by atoms with Gasteiger partial charge in [-0.05, 0) is 116 Å². The number of carbonyl (C=O) groups is 1. The number of hydrogen-bond acceptors (Lipinski definition) is 5. The fourth-order valence-electron chi connectivity index (χ4n) is 9.07. The number of amides is 1.